The SMILES string of the molecule is CCC(C)C1(c2ccccc2)NC(=O)NC1=O. The van der Waals surface area contributed by atoms with Crippen LogP contribution in [0, 0.1) is 5.92 Å². The van der Waals surface area contributed by atoms with Crippen LogP contribution >= 0.6 is 0 Å². The fraction of sp³-hybridized carbons (Fsp3) is 0.385. The molecule has 1 aromatic carbocycles. The normalized spacial score (nSPS) is 25.3. The minimum atomic E-state index is -0.924. The molecule has 2 rings (SSSR count). The van der Waals surface area contributed by atoms with Crippen molar-refractivity contribution in [1.29, 1.82) is 0 Å². The Bertz CT molecular complexity index is 444. The zero-order valence-corrected chi connectivity index (χ0v) is 9.99. The maximum Gasteiger partial charge on any atom is 0.322 e. The standard InChI is InChI=1S/C13H16N2O2/c1-3-9(2)13(10-7-5-4-6-8-10)11(16)14-12(17)15-13/h4-9H,3H2,1-2H3,(H2,14,15,16,17). The van der Waals surface area contributed by atoms with Crippen molar-refractivity contribution < 1.29 is 9.59 Å². The van der Waals surface area contributed by atoms with Crippen molar-refractivity contribution in [3.05, 3.63) is 35.9 Å². The van der Waals surface area contributed by atoms with E-state index in [1.807, 2.05) is 44.2 Å². The van der Waals surface area contributed by atoms with E-state index in [2.05, 4.69) is 10.6 Å². The van der Waals surface area contributed by atoms with Crippen LogP contribution in [0.2, 0.25) is 0 Å². The molecule has 0 radical (unpaired) electrons. The van der Waals surface area contributed by atoms with Crippen molar-refractivity contribution in [3.8, 4) is 0 Å². The van der Waals surface area contributed by atoms with Gasteiger partial charge in [-0.3, -0.25) is 10.1 Å². The molecule has 4 heteroatoms. The second-order valence-electron chi connectivity index (χ2n) is 4.39. The highest BCUT2D eigenvalue weighted by Crippen LogP contribution is 2.34. The van der Waals surface area contributed by atoms with Crippen LogP contribution in [-0.4, -0.2) is 11.9 Å². The van der Waals surface area contributed by atoms with Crippen molar-refractivity contribution in [3.63, 3.8) is 0 Å². The predicted octanol–water partition coefficient (Wildman–Crippen LogP) is 1.77. The number of urea groups is 1. The maximum atomic E-state index is 12.1. The highest BCUT2D eigenvalue weighted by Gasteiger charge is 2.50. The molecule has 4 nitrogen and oxygen atoms in total. The van der Waals surface area contributed by atoms with Crippen LogP contribution in [0.4, 0.5) is 4.79 Å². The van der Waals surface area contributed by atoms with E-state index in [0.29, 0.717) is 0 Å². The van der Waals surface area contributed by atoms with Crippen molar-refractivity contribution >= 4 is 11.9 Å². The van der Waals surface area contributed by atoms with Gasteiger partial charge in [-0.05, 0) is 11.5 Å². The number of hydrogen-bond acceptors (Lipinski definition) is 2. The molecular weight excluding hydrogens is 216 g/mol. The van der Waals surface area contributed by atoms with Gasteiger partial charge >= 0.3 is 6.03 Å². The molecule has 0 spiro atoms. The summed E-state index contributed by atoms with van der Waals surface area (Å²) >= 11 is 0. The average Bonchev–Trinajstić information content (AvgIpc) is 2.65. The Balaban J connectivity index is 2.52. The topological polar surface area (TPSA) is 58.2 Å². The lowest BCUT2D eigenvalue weighted by Crippen LogP contribution is -2.49. The summed E-state index contributed by atoms with van der Waals surface area (Å²) in [5, 5.41) is 5.12. The van der Waals surface area contributed by atoms with Gasteiger partial charge in [0, 0.05) is 0 Å². The highest BCUT2D eigenvalue weighted by molar-refractivity contribution is 6.07. The molecule has 1 aromatic rings. The molecule has 90 valence electrons. The number of imide groups is 1. The maximum absolute atomic E-state index is 12.1. The van der Waals surface area contributed by atoms with E-state index in [0.717, 1.165) is 12.0 Å². The number of amides is 3. The second-order valence-corrected chi connectivity index (χ2v) is 4.39. The van der Waals surface area contributed by atoms with Crippen molar-refractivity contribution in [2.24, 2.45) is 5.92 Å². The smallest absolute Gasteiger partial charge is 0.319 e. The van der Waals surface area contributed by atoms with Crippen LogP contribution in [0.3, 0.4) is 0 Å². The first-order chi connectivity index (χ1) is 8.11. The molecule has 1 fully saturated rings. The fourth-order valence-electron chi connectivity index (χ4n) is 2.31. The van der Waals surface area contributed by atoms with E-state index < -0.39 is 11.6 Å². The van der Waals surface area contributed by atoms with Crippen LogP contribution in [0.5, 0.6) is 0 Å². The molecule has 2 N–H and O–H groups in total. The Morgan fingerprint density at radius 2 is 1.88 bits per heavy atom. The van der Waals surface area contributed by atoms with E-state index in [1.165, 1.54) is 0 Å². The van der Waals surface area contributed by atoms with Gasteiger partial charge in [0.05, 0.1) is 0 Å². The van der Waals surface area contributed by atoms with Crippen LogP contribution in [0.1, 0.15) is 25.8 Å². The van der Waals surface area contributed by atoms with Crippen LogP contribution in [-0.2, 0) is 10.3 Å². The van der Waals surface area contributed by atoms with Gasteiger partial charge in [0.15, 0.2) is 0 Å². The van der Waals surface area contributed by atoms with Crippen molar-refractivity contribution in [1.82, 2.24) is 10.6 Å². The number of rotatable bonds is 3. The molecule has 1 heterocycles. The quantitative estimate of drug-likeness (QED) is 0.780. The molecule has 1 aliphatic heterocycles. The number of carbonyl (C=O) groups excluding carboxylic acids is 2. The molecule has 3 amide bonds. The van der Waals surface area contributed by atoms with Crippen molar-refractivity contribution in [2.45, 2.75) is 25.8 Å². The van der Waals surface area contributed by atoms with Gasteiger partial charge in [-0.15, -0.1) is 0 Å². The molecule has 1 aliphatic rings. The van der Waals surface area contributed by atoms with Crippen molar-refractivity contribution in [2.75, 3.05) is 0 Å². The molecule has 0 aromatic heterocycles. The monoisotopic (exact) mass is 232 g/mol. The molecule has 2 atom stereocenters. The molecule has 17 heavy (non-hydrogen) atoms. The minimum Gasteiger partial charge on any atom is -0.319 e. The average molecular weight is 232 g/mol. The summed E-state index contributed by atoms with van der Waals surface area (Å²) in [6, 6.07) is 8.96. The number of nitrogens with one attached hydrogen (secondary N) is 2. The Hall–Kier alpha value is -1.84. The third-order valence-electron chi connectivity index (χ3n) is 3.48. The summed E-state index contributed by atoms with van der Waals surface area (Å²) < 4.78 is 0. The minimum absolute atomic E-state index is 0.0383. The van der Waals surface area contributed by atoms with Gasteiger partial charge in [0.1, 0.15) is 5.54 Å². The Labute approximate surface area is 100 Å². The van der Waals surface area contributed by atoms with Crippen LogP contribution < -0.4 is 10.6 Å². The summed E-state index contributed by atoms with van der Waals surface area (Å²) in [4.78, 5) is 23.5. The first kappa shape index (κ1) is 11.6. The van der Waals surface area contributed by atoms with Gasteiger partial charge in [0.25, 0.3) is 5.91 Å². The van der Waals surface area contributed by atoms with E-state index in [-0.39, 0.29) is 11.8 Å². The van der Waals surface area contributed by atoms with Gasteiger partial charge in [-0.2, -0.15) is 0 Å². The lowest BCUT2D eigenvalue weighted by Gasteiger charge is -2.32. The first-order valence-corrected chi connectivity index (χ1v) is 5.80. The Kier molecular flexibility index (Phi) is 2.88. The van der Waals surface area contributed by atoms with Gasteiger partial charge in [0.2, 0.25) is 0 Å². The molecule has 1 saturated heterocycles. The van der Waals surface area contributed by atoms with E-state index in [1.54, 1.807) is 0 Å². The van der Waals surface area contributed by atoms with Gasteiger partial charge in [-0.1, -0.05) is 50.6 Å². The molecule has 0 saturated carbocycles. The van der Waals surface area contributed by atoms with E-state index >= 15 is 0 Å². The largest absolute Gasteiger partial charge is 0.322 e. The molecule has 0 aliphatic carbocycles. The summed E-state index contributed by atoms with van der Waals surface area (Å²) in [7, 11) is 0. The Morgan fingerprint density at radius 1 is 1.24 bits per heavy atom. The summed E-state index contributed by atoms with van der Waals surface area (Å²) in [5.41, 5.74) is -0.0923. The molecule has 2 unspecified atom stereocenters. The zero-order valence-electron chi connectivity index (χ0n) is 9.99. The molecule has 0 bridgehead atoms. The zero-order chi connectivity index (χ0) is 12.5. The lowest BCUT2D eigenvalue weighted by atomic mass is 9.77. The first-order valence-electron chi connectivity index (χ1n) is 5.80. The van der Waals surface area contributed by atoms with E-state index in [9.17, 15) is 9.59 Å². The summed E-state index contributed by atoms with van der Waals surface area (Å²) in [6.45, 7) is 3.98. The summed E-state index contributed by atoms with van der Waals surface area (Å²) in [6.07, 6.45) is 0.808. The summed E-state index contributed by atoms with van der Waals surface area (Å²) in [5.74, 6) is -0.223. The third kappa shape index (κ3) is 1.69. The van der Waals surface area contributed by atoms with Gasteiger partial charge < -0.3 is 5.32 Å². The highest BCUT2D eigenvalue weighted by atomic mass is 16.2. The van der Waals surface area contributed by atoms with Gasteiger partial charge in [-0.25, -0.2) is 4.79 Å². The fourth-order valence-corrected chi connectivity index (χ4v) is 2.31. The third-order valence-corrected chi connectivity index (χ3v) is 3.48. The van der Waals surface area contributed by atoms with Crippen LogP contribution in [0.25, 0.3) is 0 Å². The van der Waals surface area contributed by atoms with Crippen LogP contribution in [0.15, 0.2) is 30.3 Å². The number of carbonyl (C=O) groups is 2. The molecular formula is C13H16N2O2. The number of benzene rings is 1. The van der Waals surface area contributed by atoms with E-state index in [4.69, 9.17) is 0 Å². The Morgan fingerprint density at radius 3 is 2.35 bits per heavy atom. The lowest BCUT2D eigenvalue weighted by molar-refractivity contribution is -0.126. The second kappa shape index (κ2) is 4.20. The predicted molar refractivity (Wildman–Crippen MR) is 64.2 cm³/mol. The number of hydrogen-bond donors (Lipinski definition) is 2.